The maximum Gasteiger partial charge on any atom is 0.277 e. The van der Waals surface area contributed by atoms with E-state index in [0.29, 0.717) is 33.0 Å². The van der Waals surface area contributed by atoms with Gasteiger partial charge in [-0.15, -0.1) is 0 Å². The molecule has 2 saturated heterocycles. The number of nitro groups is 2. The highest BCUT2D eigenvalue weighted by Gasteiger charge is 2.37. The molecule has 2 fully saturated rings. The van der Waals surface area contributed by atoms with Gasteiger partial charge < -0.3 is 10.2 Å². The number of rotatable bonds is 4. The van der Waals surface area contributed by atoms with Crippen molar-refractivity contribution in [1.29, 1.82) is 0 Å². The lowest BCUT2D eigenvalue weighted by molar-refractivity contribution is -0.374. The van der Waals surface area contributed by atoms with Gasteiger partial charge in [-0.25, -0.2) is 0 Å². The summed E-state index contributed by atoms with van der Waals surface area (Å²) in [5.74, 6) is 0.883. The number of hydrogen-bond acceptors (Lipinski definition) is 8. The van der Waals surface area contributed by atoms with E-state index in [-0.39, 0.29) is 33.1 Å². The summed E-state index contributed by atoms with van der Waals surface area (Å²) in [4.78, 5) is 34.5. The molecule has 1 N–H and O–H groups in total. The summed E-state index contributed by atoms with van der Waals surface area (Å²) >= 11 is 12.4. The van der Waals surface area contributed by atoms with Crippen molar-refractivity contribution in [3.63, 3.8) is 0 Å². The van der Waals surface area contributed by atoms with Crippen LogP contribution in [-0.4, -0.2) is 57.9 Å². The first-order chi connectivity index (χ1) is 24.7. The largest absolute Gasteiger partial charge is 0.317 e. The number of benzene rings is 2. The summed E-state index contributed by atoms with van der Waals surface area (Å²) in [5.41, 5.74) is 6.83. The zero-order valence-corrected chi connectivity index (χ0v) is 29.7. The number of piperidine rings is 2. The quantitative estimate of drug-likeness (QED) is 0.165. The number of aromatic nitrogens is 2. The van der Waals surface area contributed by atoms with E-state index in [4.69, 9.17) is 23.2 Å². The molecule has 12 heteroatoms. The fourth-order valence-corrected chi connectivity index (χ4v) is 8.55. The van der Waals surface area contributed by atoms with Crippen LogP contribution in [-0.2, 0) is 0 Å². The minimum Gasteiger partial charge on any atom is -0.317 e. The number of likely N-dealkylation sites (tertiary alicyclic amines) is 1. The first-order valence-corrected chi connectivity index (χ1v) is 18.1. The van der Waals surface area contributed by atoms with Crippen LogP contribution < -0.4 is 5.32 Å². The van der Waals surface area contributed by atoms with Crippen LogP contribution in [0.4, 0.5) is 0 Å². The maximum absolute atomic E-state index is 11.8. The molecule has 262 valence electrons. The Morgan fingerprint density at radius 3 is 1.61 bits per heavy atom. The third-order valence-corrected chi connectivity index (χ3v) is 11.1. The summed E-state index contributed by atoms with van der Waals surface area (Å²) in [6, 6.07) is 18.5. The zero-order chi connectivity index (χ0) is 35.6. The van der Waals surface area contributed by atoms with Crippen molar-refractivity contribution in [3.8, 4) is 0 Å². The van der Waals surface area contributed by atoms with Gasteiger partial charge in [-0.2, -0.15) is 0 Å². The standard InChI is InChI=1S/C20H20ClN3O2.C19H18ClN3O2/c1-23-9-6-13(7-10-23)19-16-5-4-15(21)12-17(16)18(24(25)26)11-14-3-2-8-22-20(14)19;20-14-3-4-15-16(11-14)17(23(24)25)10-13-2-1-7-22-19(13)18(15)12-5-8-21-9-6-12/h2-5,8,11-13,19H,6-7,9-10H2,1H3;1-4,7,10-12,18,21H,5-6,8-9H2. The van der Waals surface area contributed by atoms with Crippen LogP contribution in [0.2, 0.25) is 10.0 Å². The van der Waals surface area contributed by atoms with Crippen molar-refractivity contribution in [2.75, 3.05) is 33.2 Å². The monoisotopic (exact) mass is 724 g/mol. The predicted octanol–water partition coefficient (Wildman–Crippen LogP) is 8.25. The number of nitrogens with one attached hydrogen (secondary N) is 1. The second kappa shape index (κ2) is 15.0. The fraction of sp³-hybridized carbons (Fsp3) is 0.333. The number of hydrogen-bond donors (Lipinski definition) is 1. The second-order valence-electron chi connectivity index (χ2n) is 13.7. The van der Waals surface area contributed by atoms with Gasteiger partial charge in [0.15, 0.2) is 0 Å². The van der Waals surface area contributed by atoms with Crippen LogP contribution in [0, 0.1) is 32.1 Å². The van der Waals surface area contributed by atoms with Crippen molar-refractivity contribution >= 4 is 46.7 Å². The molecule has 4 heterocycles. The van der Waals surface area contributed by atoms with Crippen LogP contribution in [0.3, 0.4) is 0 Å². The smallest absolute Gasteiger partial charge is 0.277 e. The molecule has 4 aromatic rings. The van der Waals surface area contributed by atoms with E-state index < -0.39 is 0 Å². The first-order valence-electron chi connectivity index (χ1n) is 17.3. The number of fused-ring (bicyclic) bond motifs is 4. The lowest BCUT2D eigenvalue weighted by Gasteiger charge is -2.35. The van der Waals surface area contributed by atoms with Crippen molar-refractivity contribution < 1.29 is 9.85 Å². The molecule has 0 spiro atoms. The van der Waals surface area contributed by atoms with Gasteiger partial charge in [0.05, 0.1) is 32.4 Å². The van der Waals surface area contributed by atoms with Gasteiger partial charge in [0, 0.05) is 57.6 Å². The van der Waals surface area contributed by atoms with Gasteiger partial charge in [-0.05, 0) is 118 Å². The maximum atomic E-state index is 11.8. The van der Waals surface area contributed by atoms with Crippen LogP contribution in [0.5, 0.6) is 0 Å². The van der Waals surface area contributed by atoms with Gasteiger partial charge in [0.25, 0.3) is 11.4 Å². The summed E-state index contributed by atoms with van der Waals surface area (Å²) in [6.45, 7) is 3.98. The molecule has 0 amide bonds. The van der Waals surface area contributed by atoms with E-state index in [0.717, 1.165) is 85.5 Å². The molecule has 2 aliphatic heterocycles. The normalized spacial score (nSPS) is 20.5. The molecule has 2 aromatic carbocycles. The van der Waals surface area contributed by atoms with E-state index in [2.05, 4.69) is 27.2 Å². The Balaban J connectivity index is 0.000000159. The number of pyridine rings is 2. The lowest BCUT2D eigenvalue weighted by atomic mass is 9.76. The second-order valence-corrected chi connectivity index (χ2v) is 14.5. The molecular formula is C39H38Cl2N6O4. The van der Waals surface area contributed by atoms with E-state index in [9.17, 15) is 20.2 Å². The Labute approximate surface area is 306 Å². The lowest BCUT2D eigenvalue weighted by Crippen LogP contribution is -2.33. The minimum atomic E-state index is -0.323. The minimum absolute atomic E-state index is 0.0410. The Hall–Kier alpha value is -4.48. The van der Waals surface area contributed by atoms with Crippen LogP contribution >= 0.6 is 23.2 Å². The Morgan fingerprint density at radius 2 is 1.16 bits per heavy atom. The van der Waals surface area contributed by atoms with Gasteiger partial charge >= 0.3 is 0 Å². The summed E-state index contributed by atoms with van der Waals surface area (Å²) in [5, 5.41) is 27.9. The zero-order valence-electron chi connectivity index (χ0n) is 28.2. The SMILES string of the molecule is CN1CCC(C2c3ccc(Cl)cc3C([N+](=O)[O-])=Cc3cccnc32)CC1.O=[N+]([O-])C1=Cc2cccnc2C(C2CCNCC2)c2ccc(Cl)cc21. The highest BCUT2D eigenvalue weighted by atomic mass is 35.5. The molecule has 0 radical (unpaired) electrons. The Bertz CT molecular complexity index is 2040. The van der Waals surface area contributed by atoms with E-state index >= 15 is 0 Å². The average molecular weight is 726 g/mol. The molecule has 4 aliphatic rings. The summed E-state index contributed by atoms with van der Waals surface area (Å²) < 4.78 is 0. The molecule has 51 heavy (non-hydrogen) atoms. The fourth-order valence-electron chi connectivity index (χ4n) is 8.21. The first kappa shape index (κ1) is 34.9. The van der Waals surface area contributed by atoms with Crippen LogP contribution in [0.1, 0.15) is 82.3 Å². The topological polar surface area (TPSA) is 127 Å². The van der Waals surface area contributed by atoms with E-state index in [1.165, 1.54) is 0 Å². The highest BCUT2D eigenvalue weighted by molar-refractivity contribution is 6.31. The number of halogens is 2. The Morgan fingerprint density at radius 1 is 0.706 bits per heavy atom. The van der Waals surface area contributed by atoms with Crippen molar-refractivity contribution in [3.05, 3.63) is 148 Å². The third-order valence-electron chi connectivity index (χ3n) is 10.7. The molecule has 0 bridgehead atoms. The molecule has 8 rings (SSSR count). The molecule has 2 unspecified atom stereocenters. The summed E-state index contributed by atoms with van der Waals surface area (Å²) in [6.07, 6.45) is 11.0. The third kappa shape index (κ3) is 7.19. The van der Waals surface area contributed by atoms with Gasteiger partial charge in [-0.3, -0.25) is 30.2 Å². The van der Waals surface area contributed by atoms with E-state index in [1.54, 1.807) is 36.7 Å². The molecule has 2 aliphatic carbocycles. The molecule has 10 nitrogen and oxygen atoms in total. The molecule has 2 atom stereocenters. The van der Waals surface area contributed by atoms with E-state index in [1.807, 2.05) is 48.5 Å². The van der Waals surface area contributed by atoms with Crippen LogP contribution in [0.25, 0.3) is 23.5 Å². The van der Waals surface area contributed by atoms with Crippen LogP contribution in [0.15, 0.2) is 73.1 Å². The van der Waals surface area contributed by atoms with Gasteiger partial charge in [0.1, 0.15) is 0 Å². The predicted molar refractivity (Wildman–Crippen MR) is 201 cm³/mol. The van der Waals surface area contributed by atoms with Gasteiger partial charge in [0.2, 0.25) is 0 Å². The number of nitrogens with zero attached hydrogens (tertiary/aromatic N) is 5. The molecule has 2 aromatic heterocycles. The molecule has 0 saturated carbocycles. The average Bonchev–Trinajstić information content (AvgIpc) is 3.37. The Kier molecular flexibility index (Phi) is 10.3. The summed E-state index contributed by atoms with van der Waals surface area (Å²) in [7, 11) is 2.13. The van der Waals surface area contributed by atoms with Crippen molar-refractivity contribution in [1.82, 2.24) is 20.2 Å². The highest BCUT2D eigenvalue weighted by Crippen LogP contribution is 2.46. The van der Waals surface area contributed by atoms with Gasteiger partial charge in [-0.1, -0.05) is 47.5 Å². The van der Waals surface area contributed by atoms with Crippen molar-refractivity contribution in [2.45, 2.75) is 37.5 Å². The molecular weight excluding hydrogens is 687 g/mol. The van der Waals surface area contributed by atoms with Crippen molar-refractivity contribution in [2.24, 2.45) is 11.8 Å².